The molecule has 8 nitrogen and oxygen atoms in total. The number of hydrogen-bond donors (Lipinski definition) is 4. The van der Waals surface area contributed by atoms with E-state index in [1.54, 1.807) is 12.1 Å². The van der Waals surface area contributed by atoms with Gasteiger partial charge in [0.15, 0.2) is 0 Å². The van der Waals surface area contributed by atoms with Crippen molar-refractivity contribution in [1.82, 2.24) is 10.6 Å². The standard InChI is InChI=1S/C21H24BF3N2O6/c1-13-6-8-15(9-7-13)11-18(33-22(30)31)27-20(29)14(2)19(28)26-12-16-4-3-5-17(10-16)32-21(23,24)25/h3-10,14,18,30-31H,11-12H2,1-2H3,(H,26,28)(H,27,29)/t14?,18-/m1/s1. The van der Waals surface area contributed by atoms with Crippen LogP contribution in [0.4, 0.5) is 13.2 Å². The summed E-state index contributed by atoms with van der Waals surface area (Å²) in [6.45, 7) is 3.09. The SMILES string of the molecule is Cc1ccc(C[C@H](NC(=O)C(C)C(=O)NCc2cccc(OC(F)(F)F)c2)OB(O)O)cc1. The second-order valence-corrected chi connectivity index (χ2v) is 7.28. The predicted molar refractivity (Wildman–Crippen MR) is 112 cm³/mol. The molecule has 2 rings (SSSR count). The number of nitrogens with one attached hydrogen (secondary N) is 2. The quantitative estimate of drug-likeness (QED) is 0.240. The number of alkyl halides is 3. The largest absolute Gasteiger partial charge is 0.635 e. The molecule has 2 amide bonds. The summed E-state index contributed by atoms with van der Waals surface area (Å²) in [5.41, 5.74) is 2.11. The molecule has 0 fully saturated rings. The van der Waals surface area contributed by atoms with E-state index in [1.807, 2.05) is 19.1 Å². The molecule has 0 aromatic heterocycles. The fourth-order valence-corrected chi connectivity index (χ4v) is 2.82. The van der Waals surface area contributed by atoms with E-state index in [9.17, 15) is 22.8 Å². The van der Waals surface area contributed by atoms with Gasteiger partial charge >= 0.3 is 13.7 Å². The number of amides is 2. The van der Waals surface area contributed by atoms with E-state index in [4.69, 9.17) is 14.7 Å². The first-order valence-electron chi connectivity index (χ1n) is 9.93. The Balaban J connectivity index is 1.94. The first-order valence-corrected chi connectivity index (χ1v) is 9.93. The van der Waals surface area contributed by atoms with E-state index in [0.717, 1.165) is 23.3 Å². The molecule has 1 unspecified atom stereocenters. The van der Waals surface area contributed by atoms with Crippen LogP contribution in [0.15, 0.2) is 48.5 Å². The van der Waals surface area contributed by atoms with Crippen molar-refractivity contribution in [1.29, 1.82) is 0 Å². The summed E-state index contributed by atoms with van der Waals surface area (Å²) >= 11 is 0. The molecule has 178 valence electrons. The Bertz CT molecular complexity index is 940. The van der Waals surface area contributed by atoms with Gasteiger partial charge in [0.1, 0.15) is 17.9 Å². The average Bonchev–Trinajstić information content (AvgIpc) is 2.71. The van der Waals surface area contributed by atoms with Crippen molar-refractivity contribution in [2.75, 3.05) is 0 Å². The highest BCUT2D eigenvalue weighted by Crippen LogP contribution is 2.23. The van der Waals surface area contributed by atoms with Crippen LogP contribution < -0.4 is 15.4 Å². The fraction of sp³-hybridized carbons (Fsp3) is 0.333. The maximum absolute atomic E-state index is 12.5. The number of carbonyl (C=O) groups excluding carboxylic acids is 2. The van der Waals surface area contributed by atoms with Gasteiger partial charge < -0.3 is 30.1 Å². The lowest BCUT2D eigenvalue weighted by Gasteiger charge is -2.21. The van der Waals surface area contributed by atoms with Gasteiger partial charge in [-0.3, -0.25) is 9.59 Å². The molecule has 0 heterocycles. The monoisotopic (exact) mass is 468 g/mol. The first kappa shape index (κ1) is 26.2. The lowest BCUT2D eigenvalue weighted by atomic mass is 10.1. The maximum atomic E-state index is 12.5. The van der Waals surface area contributed by atoms with Crippen molar-refractivity contribution in [2.45, 2.75) is 39.4 Å². The van der Waals surface area contributed by atoms with Crippen LogP contribution in [0, 0.1) is 12.8 Å². The molecule has 4 N–H and O–H groups in total. The summed E-state index contributed by atoms with van der Waals surface area (Å²) in [4.78, 5) is 24.8. The van der Waals surface area contributed by atoms with Crippen LogP contribution >= 0.6 is 0 Å². The second-order valence-electron chi connectivity index (χ2n) is 7.28. The molecule has 0 aliphatic rings. The zero-order valence-corrected chi connectivity index (χ0v) is 17.9. The number of rotatable bonds is 10. The van der Waals surface area contributed by atoms with E-state index in [2.05, 4.69) is 15.4 Å². The number of ether oxygens (including phenoxy) is 1. The molecule has 33 heavy (non-hydrogen) atoms. The molecule has 0 saturated carbocycles. The van der Waals surface area contributed by atoms with E-state index >= 15 is 0 Å². The van der Waals surface area contributed by atoms with Crippen LogP contribution in [0.2, 0.25) is 0 Å². The number of carbonyl (C=O) groups is 2. The molecule has 2 aromatic rings. The van der Waals surface area contributed by atoms with Crippen molar-refractivity contribution in [2.24, 2.45) is 5.92 Å². The average molecular weight is 468 g/mol. The lowest BCUT2D eigenvalue weighted by Crippen LogP contribution is -2.47. The highest BCUT2D eigenvalue weighted by atomic mass is 19.4. The van der Waals surface area contributed by atoms with Gasteiger partial charge in [0, 0.05) is 13.0 Å². The molecule has 0 radical (unpaired) electrons. The highest BCUT2D eigenvalue weighted by molar-refractivity contribution is 6.32. The zero-order chi connectivity index (χ0) is 24.6. The lowest BCUT2D eigenvalue weighted by molar-refractivity contribution is -0.274. The Morgan fingerprint density at radius 3 is 2.33 bits per heavy atom. The Hall–Kier alpha value is -3.09. The molecule has 12 heteroatoms. The van der Waals surface area contributed by atoms with Gasteiger partial charge in [0.05, 0.1) is 0 Å². The molecular weight excluding hydrogens is 444 g/mol. The molecule has 0 aliphatic carbocycles. The number of halogens is 3. The smallest absolute Gasteiger partial charge is 0.406 e. The third kappa shape index (κ3) is 9.52. The molecular formula is C21H24BF3N2O6. The van der Waals surface area contributed by atoms with Gasteiger partial charge in [-0.25, -0.2) is 0 Å². The fourth-order valence-electron chi connectivity index (χ4n) is 2.82. The Morgan fingerprint density at radius 1 is 1.06 bits per heavy atom. The van der Waals surface area contributed by atoms with E-state index in [0.29, 0.717) is 5.56 Å². The van der Waals surface area contributed by atoms with E-state index in [-0.39, 0.29) is 13.0 Å². The minimum atomic E-state index is -4.84. The highest BCUT2D eigenvalue weighted by Gasteiger charge is 2.31. The van der Waals surface area contributed by atoms with Crippen LogP contribution in [0.3, 0.4) is 0 Å². The molecule has 2 atom stereocenters. The maximum Gasteiger partial charge on any atom is 0.635 e. The minimum Gasteiger partial charge on any atom is -0.406 e. The summed E-state index contributed by atoms with van der Waals surface area (Å²) in [6, 6.07) is 12.3. The number of aryl methyl sites for hydroxylation is 1. The Kier molecular flexibility index (Phi) is 9.27. The van der Waals surface area contributed by atoms with Gasteiger partial charge in [-0.05, 0) is 37.1 Å². The van der Waals surface area contributed by atoms with Crippen molar-refractivity contribution in [3.8, 4) is 5.75 Å². The van der Waals surface area contributed by atoms with Crippen molar-refractivity contribution >= 4 is 19.1 Å². The molecule has 2 aromatic carbocycles. The van der Waals surface area contributed by atoms with E-state index in [1.165, 1.54) is 19.1 Å². The van der Waals surface area contributed by atoms with Crippen LogP contribution in [0.5, 0.6) is 5.75 Å². The van der Waals surface area contributed by atoms with Gasteiger partial charge in [-0.1, -0.05) is 42.0 Å². The van der Waals surface area contributed by atoms with E-state index < -0.39 is 43.4 Å². The summed E-state index contributed by atoms with van der Waals surface area (Å²) < 4.78 is 45.8. The first-order chi connectivity index (χ1) is 15.4. The molecule has 0 spiro atoms. The Morgan fingerprint density at radius 2 is 1.73 bits per heavy atom. The van der Waals surface area contributed by atoms with Crippen LogP contribution in [0.1, 0.15) is 23.6 Å². The third-order valence-corrected chi connectivity index (χ3v) is 4.52. The second kappa shape index (κ2) is 11.7. The van der Waals surface area contributed by atoms with Gasteiger partial charge in [0.25, 0.3) is 0 Å². The molecule has 0 bridgehead atoms. The summed E-state index contributed by atoms with van der Waals surface area (Å²) in [5.74, 6) is -3.05. The van der Waals surface area contributed by atoms with Crippen molar-refractivity contribution < 1.29 is 42.2 Å². The normalized spacial score (nSPS) is 13.1. The van der Waals surface area contributed by atoms with Gasteiger partial charge in [-0.15, -0.1) is 13.2 Å². The minimum absolute atomic E-state index is 0.115. The molecule has 0 aliphatic heterocycles. The summed E-state index contributed by atoms with van der Waals surface area (Å²) in [5, 5.41) is 23.2. The predicted octanol–water partition coefficient (Wildman–Crippen LogP) is 1.82. The van der Waals surface area contributed by atoms with Gasteiger partial charge in [0.2, 0.25) is 11.8 Å². The van der Waals surface area contributed by atoms with Crippen molar-refractivity contribution in [3.63, 3.8) is 0 Å². The molecule has 0 saturated heterocycles. The number of hydrogen-bond acceptors (Lipinski definition) is 6. The van der Waals surface area contributed by atoms with Crippen LogP contribution in [-0.2, 0) is 27.2 Å². The van der Waals surface area contributed by atoms with Crippen LogP contribution in [0.25, 0.3) is 0 Å². The third-order valence-electron chi connectivity index (χ3n) is 4.52. The zero-order valence-electron chi connectivity index (χ0n) is 17.9. The van der Waals surface area contributed by atoms with Crippen molar-refractivity contribution in [3.05, 3.63) is 65.2 Å². The summed E-state index contributed by atoms with van der Waals surface area (Å²) in [6.07, 6.45) is -5.84. The number of benzene rings is 2. The van der Waals surface area contributed by atoms with Gasteiger partial charge in [-0.2, -0.15) is 0 Å². The summed E-state index contributed by atoms with van der Waals surface area (Å²) in [7, 11) is -2.14. The topological polar surface area (TPSA) is 117 Å². The Labute approximate surface area is 188 Å². The van der Waals surface area contributed by atoms with Crippen LogP contribution in [-0.4, -0.2) is 41.8 Å².